The highest BCUT2D eigenvalue weighted by molar-refractivity contribution is 7.09. The Hall–Kier alpha value is -0.380. The maximum Gasteiger partial charge on any atom is 0.0613 e. The van der Waals surface area contributed by atoms with Crippen molar-refractivity contribution in [1.29, 1.82) is 0 Å². The van der Waals surface area contributed by atoms with Crippen LogP contribution in [0.2, 0.25) is 0 Å². The van der Waals surface area contributed by atoms with Crippen LogP contribution in [0.4, 0.5) is 0 Å². The van der Waals surface area contributed by atoms with Crippen molar-refractivity contribution in [3.8, 4) is 0 Å². The highest BCUT2D eigenvalue weighted by Crippen LogP contribution is 2.15. The molecule has 0 spiro atoms. The zero-order valence-electron chi connectivity index (χ0n) is 9.62. The minimum atomic E-state index is -0.0722. The second-order valence-corrected chi connectivity index (χ2v) is 4.93. The zero-order valence-corrected chi connectivity index (χ0v) is 10.4. The third-order valence-electron chi connectivity index (χ3n) is 3.11. The SMILES string of the molecule is CCC(CC)(CO)NCCc1cccs1. The molecule has 1 heterocycles. The summed E-state index contributed by atoms with van der Waals surface area (Å²) < 4.78 is 0. The molecule has 0 aliphatic carbocycles. The first kappa shape index (κ1) is 12.7. The van der Waals surface area contributed by atoms with Crippen molar-refractivity contribution in [2.45, 2.75) is 38.6 Å². The number of rotatable bonds is 7. The van der Waals surface area contributed by atoms with E-state index in [2.05, 4.69) is 36.7 Å². The van der Waals surface area contributed by atoms with E-state index in [0.717, 1.165) is 25.8 Å². The molecule has 1 rings (SSSR count). The molecule has 0 saturated carbocycles. The highest BCUT2D eigenvalue weighted by Gasteiger charge is 2.23. The van der Waals surface area contributed by atoms with Crippen molar-refractivity contribution in [2.24, 2.45) is 0 Å². The van der Waals surface area contributed by atoms with Gasteiger partial charge in [0.1, 0.15) is 0 Å². The van der Waals surface area contributed by atoms with Crippen LogP contribution in [0.5, 0.6) is 0 Å². The summed E-state index contributed by atoms with van der Waals surface area (Å²) in [4.78, 5) is 1.40. The summed E-state index contributed by atoms with van der Waals surface area (Å²) in [5.41, 5.74) is -0.0722. The average Bonchev–Trinajstić information content (AvgIpc) is 2.78. The Kier molecular flexibility index (Phi) is 5.29. The van der Waals surface area contributed by atoms with Crippen molar-refractivity contribution in [1.82, 2.24) is 5.32 Å². The van der Waals surface area contributed by atoms with E-state index in [1.807, 2.05) is 0 Å². The minimum Gasteiger partial charge on any atom is -0.394 e. The Bertz CT molecular complexity index is 246. The molecular formula is C12H21NOS. The summed E-state index contributed by atoms with van der Waals surface area (Å²) in [6.45, 7) is 5.42. The Balaban J connectivity index is 2.34. The van der Waals surface area contributed by atoms with Gasteiger partial charge in [-0.05, 0) is 30.7 Å². The topological polar surface area (TPSA) is 32.3 Å². The second kappa shape index (κ2) is 6.26. The van der Waals surface area contributed by atoms with Crippen LogP contribution in [0, 0.1) is 0 Å². The number of hydrogen-bond donors (Lipinski definition) is 2. The van der Waals surface area contributed by atoms with Gasteiger partial charge < -0.3 is 10.4 Å². The largest absolute Gasteiger partial charge is 0.394 e. The lowest BCUT2D eigenvalue weighted by Gasteiger charge is -2.30. The lowest BCUT2D eigenvalue weighted by molar-refractivity contribution is 0.152. The molecule has 2 nitrogen and oxygen atoms in total. The zero-order chi connectivity index (χ0) is 11.1. The molecule has 0 unspecified atom stereocenters. The van der Waals surface area contributed by atoms with Gasteiger partial charge in [0.05, 0.1) is 6.61 Å². The van der Waals surface area contributed by atoms with Crippen LogP contribution < -0.4 is 5.32 Å². The van der Waals surface area contributed by atoms with Crippen molar-refractivity contribution >= 4 is 11.3 Å². The first-order valence-electron chi connectivity index (χ1n) is 5.64. The third-order valence-corrected chi connectivity index (χ3v) is 4.04. The Morgan fingerprint density at radius 3 is 2.60 bits per heavy atom. The first-order valence-corrected chi connectivity index (χ1v) is 6.52. The molecule has 0 aliphatic rings. The smallest absolute Gasteiger partial charge is 0.0613 e. The quantitative estimate of drug-likeness (QED) is 0.750. The predicted molar refractivity (Wildman–Crippen MR) is 66.4 cm³/mol. The van der Waals surface area contributed by atoms with Crippen molar-refractivity contribution in [2.75, 3.05) is 13.2 Å². The average molecular weight is 227 g/mol. The van der Waals surface area contributed by atoms with E-state index < -0.39 is 0 Å². The summed E-state index contributed by atoms with van der Waals surface area (Å²) in [7, 11) is 0. The summed E-state index contributed by atoms with van der Waals surface area (Å²) in [6, 6.07) is 4.24. The van der Waals surface area contributed by atoms with Gasteiger partial charge in [0.2, 0.25) is 0 Å². The van der Waals surface area contributed by atoms with Gasteiger partial charge in [-0.15, -0.1) is 11.3 Å². The fourth-order valence-corrected chi connectivity index (χ4v) is 2.39. The third kappa shape index (κ3) is 3.59. The van der Waals surface area contributed by atoms with Crippen LogP contribution in [0.1, 0.15) is 31.6 Å². The van der Waals surface area contributed by atoms with Crippen molar-refractivity contribution < 1.29 is 5.11 Å². The standard InChI is InChI=1S/C12H21NOS/c1-3-12(4-2,10-14)13-8-7-11-6-5-9-15-11/h5-6,9,13-14H,3-4,7-8,10H2,1-2H3. The van der Waals surface area contributed by atoms with E-state index >= 15 is 0 Å². The van der Waals surface area contributed by atoms with E-state index in [0.29, 0.717) is 0 Å². The molecule has 0 aromatic carbocycles. The van der Waals surface area contributed by atoms with Gasteiger partial charge in [0.15, 0.2) is 0 Å². The Labute approximate surface area is 96.3 Å². The number of nitrogens with one attached hydrogen (secondary N) is 1. The van der Waals surface area contributed by atoms with Crippen LogP contribution in [-0.4, -0.2) is 23.8 Å². The molecule has 15 heavy (non-hydrogen) atoms. The molecule has 0 atom stereocenters. The van der Waals surface area contributed by atoms with Crippen molar-refractivity contribution in [3.63, 3.8) is 0 Å². The molecule has 2 N–H and O–H groups in total. The van der Waals surface area contributed by atoms with Crippen molar-refractivity contribution in [3.05, 3.63) is 22.4 Å². The predicted octanol–water partition coefficient (Wildman–Crippen LogP) is 2.43. The normalized spacial score (nSPS) is 11.9. The highest BCUT2D eigenvalue weighted by atomic mass is 32.1. The minimum absolute atomic E-state index is 0.0722. The van der Waals surface area contributed by atoms with E-state index in [1.54, 1.807) is 11.3 Å². The molecule has 0 aliphatic heterocycles. The maximum atomic E-state index is 9.37. The van der Waals surface area contributed by atoms with E-state index in [9.17, 15) is 5.11 Å². The summed E-state index contributed by atoms with van der Waals surface area (Å²) >= 11 is 1.79. The molecule has 0 radical (unpaired) electrons. The van der Waals surface area contributed by atoms with Gasteiger partial charge >= 0.3 is 0 Å². The van der Waals surface area contributed by atoms with Gasteiger partial charge in [-0.3, -0.25) is 0 Å². The van der Waals surface area contributed by atoms with Crippen LogP contribution in [0.15, 0.2) is 17.5 Å². The maximum absolute atomic E-state index is 9.37. The van der Waals surface area contributed by atoms with Gasteiger partial charge in [-0.1, -0.05) is 19.9 Å². The fourth-order valence-electron chi connectivity index (χ4n) is 1.69. The number of aliphatic hydroxyl groups is 1. The molecule has 3 heteroatoms. The molecule has 1 aromatic heterocycles. The van der Waals surface area contributed by atoms with Crippen LogP contribution >= 0.6 is 11.3 Å². The summed E-state index contributed by atoms with van der Waals surface area (Å²) in [5, 5.41) is 15.0. The molecule has 86 valence electrons. The molecule has 0 bridgehead atoms. The first-order chi connectivity index (χ1) is 7.26. The number of thiophene rings is 1. The lowest BCUT2D eigenvalue weighted by atomic mass is 9.94. The molecule has 0 saturated heterocycles. The number of hydrogen-bond acceptors (Lipinski definition) is 3. The van der Waals surface area contributed by atoms with Crippen LogP contribution in [0.3, 0.4) is 0 Å². The molecule has 0 amide bonds. The van der Waals surface area contributed by atoms with Crippen LogP contribution in [0.25, 0.3) is 0 Å². The summed E-state index contributed by atoms with van der Waals surface area (Å²) in [5.74, 6) is 0. The van der Waals surface area contributed by atoms with Gasteiger partial charge in [0, 0.05) is 17.0 Å². The Morgan fingerprint density at radius 1 is 1.40 bits per heavy atom. The summed E-state index contributed by atoms with van der Waals surface area (Å²) in [6.07, 6.45) is 3.01. The lowest BCUT2D eigenvalue weighted by Crippen LogP contribution is -2.48. The molecular weight excluding hydrogens is 206 g/mol. The van der Waals surface area contributed by atoms with E-state index in [-0.39, 0.29) is 12.1 Å². The second-order valence-electron chi connectivity index (χ2n) is 3.90. The van der Waals surface area contributed by atoms with Gasteiger partial charge in [-0.25, -0.2) is 0 Å². The number of aliphatic hydroxyl groups excluding tert-OH is 1. The Morgan fingerprint density at radius 2 is 2.13 bits per heavy atom. The monoisotopic (exact) mass is 227 g/mol. The van der Waals surface area contributed by atoms with E-state index in [1.165, 1.54) is 4.88 Å². The van der Waals surface area contributed by atoms with E-state index in [4.69, 9.17) is 0 Å². The van der Waals surface area contributed by atoms with Gasteiger partial charge in [-0.2, -0.15) is 0 Å². The van der Waals surface area contributed by atoms with Gasteiger partial charge in [0.25, 0.3) is 0 Å². The fraction of sp³-hybridized carbons (Fsp3) is 0.667. The molecule has 0 fully saturated rings. The van der Waals surface area contributed by atoms with Crippen LogP contribution in [-0.2, 0) is 6.42 Å². The molecule has 1 aromatic rings.